The summed E-state index contributed by atoms with van der Waals surface area (Å²) in [5.74, 6) is -0.341. The van der Waals surface area contributed by atoms with E-state index in [1.807, 2.05) is 19.1 Å². The van der Waals surface area contributed by atoms with Crippen LogP contribution in [-0.4, -0.2) is 13.1 Å². The van der Waals surface area contributed by atoms with Crippen LogP contribution < -0.4 is 10.3 Å². The third-order valence-electron chi connectivity index (χ3n) is 3.72. The molecule has 0 saturated carbocycles. The Morgan fingerprint density at radius 2 is 1.91 bits per heavy atom. The van der Waals surface area contributed by atoms with Gasteiger partial charge in [-0.25, -0.2) is 9.78 Å². The summed E-state index contributed by atoms with van der Waals surface area (Å²) in [6, 6.07) is 15.7. The lowest BCUT2D eigenvalue weighted by Crippen LogP contribution is -2.10. The summed E-state index contributed by atoms with van der Waals surface area (Å²) in [5.41, 5.74) is 5.71. The molecular weight excluding hydrogens is 288 g/mol. The molecule has 0 aliphatic heterocycles. The molecule has 4 nitrogen and oxygen atoms in total. The van der Waals surface area contributed by atoms with E-state index in [0.29, 0.717) is 5.56 Å². The molecule has 0 amide bonds. The zero-order valence-electron chi connectivity index (χ0n) is 13.4. The van der Waals surface area contributed by atoms with Gasteiger partial charge >= 0.3 is 5.97 Å². The predicted molar refractivity (Wildman–Crippen MR) is 91.0 cm³/mol. The molecule has 0 bridgehead atoms. The van der Waals surface area contributed by atoms with Crippen LogP contribution in [0.25, 0.3) is 10.9 Å². The lowest BCUT2D eigenvalue weighted by atomic mass is 10.1. The first-order chi connectivity index (χ1) is 11.1. The number of nitrogens with one attached hydrogen (secondary N) is 2. The number of methoxy groups -OCH3 is 1. The summed E-state index contributed by atoms with van der Waals surface area (Å²) >= 11 is 0. The van der Waals surface area contributed by atoms with E-state index in [1.54, 1.807) is 12.1 Å². The van der Waals surface area contributed by atoms with E-state index in [2.05, 4.69) is 41.5 Å². The van der Waals surface area contributed by atoms with Crippen molar-refractivity contribution in [3.8, 4) is 0 Å². The number of aryl methyl sites for hydroxylation is 2. The number of aromatic amines is 1. The summed E-state index contributed by atoms with van der Waals surface area (Å²) in [4.78, 5) is 15.0. The Bertz CT molecular complexity index is 888. The topological polar surface area (TPSA) is 52.5 Å². The molecule has 23 heavy (non-hydrogen) atoms. The number of ether oxygens (including phenoxy) is 1. The first kappa shape index (κ1) is 15.0. The van der Waals surface area contributed by atoms with Crippen molar-refractivity contribution in [2.24, 2.45) is 0 Å². The van der Waals surface area contributed by atoms with Crippen LogP contribution in [0.1, 0.15) is 21.6 Å². The summed E-state index contributed by atoms with van der Waals surface area (Å²) in [5, 5.41) is 4.52. The van der Waals surface area contributed by atoms with Gasteiger partial charge in [0.1, 0.15) is 0 Å². The fourth-order valence-corrected chi connectivity index (χ4v) is 2.63. The van der Waals surface area contributed by atoms with Crippen LogP contribution in [-0.2, 0) is 4.74 Å². The van der Waals surface area contributed by atoms with Gasteiger partial charge in [0.25, 0.3) is 0 Å². The Morgan fingerprint density at radius 3 is 2.70 bits per heavy atom. The standard InChI is InChI=1S/C19H18N2O2/c1-12-7-8-17-16(9-12)18(10-13(2)20-17)21-15-6-4-5-14(11-15)19(22)23-3/h4-11H,1-3H3,(H,20,21)/p+1. The van der Waals surface area contributed by atoms with Crippen molar-refractivity contribution in [1.82, 2.24) is 0 Å². The second-order valence-electron chi connectivity index (χ2n) is 5.61. The molecule has 2 N–H and O–H groups in total. The minimum atomic E-state index is -0.341. The van der Waals surface area contributed by atoms with Gasteiger partial charge in [-0.1, -0.05) is 12.1 Å². The summed E-state index contributed by atoms with van der Waals surface area (Å²) in [6.07, 6.45) is 0. The normalized spacial score (nSPS) is 10.6. The number of pyridine rings is 1. The Morgan fingerprint density at radius 1 is 1.09 bits per heavy atom. The Kier molecular flexibility index (Phi) is 3.98. The number of hydrogen-bond donors (Lipinski definition) is 1. The molecule has 0 aliphatic carbocycles. The van der Waals surface area contributed by atoms with Crippen molar-refractivity contribution in [3.05, 3.63) is 65.4 Å². The number of carbonyl (C=O) groups excluding carboxylic acids is 1. The van der Waals surface area contributed by atoms with Crippen molar-refractivity contribution in [3.63, 3.8) is 0 Å². The molecular formula is C19H19N2O2+. The van der Waals surface area contributed by atoms with Crippen LogP contribution in [0.3, 0.4) is 0 Å². The molecule has 2 aromatic carbocycles. The lowest BCUT2D eigenvalue weighted by Gasteiger charge is -2.10. The van der Waals surface area contributed by atoms with Crippen LogP contribution in [0.5, 0.6) is 0 Å². The maximum atomic E-state index is 11.7. The quantitative estimate of drug-likeness (QED) is 0.749. The van der Waals surface area contributed by atoms with Gasteiger partial charge in [0, 0.05) is 24.7 Å². The number of hydrogen-bond acceptors (Lipinski definition) is 3. The Balaban J connectivity index is 2.04. The van der Waals surface area contributed by atoms with Crippen molar-refractivity contribution in [2.75, 3.05) is 12.4 Å². The van der Waals surface area contributed by atoms with Crippen molar-refractivity contribution in [2.45, 2.75) is 13.8 Å². The second-order valence-corrected chi connectivity index (χ2v) is 5.61. The average Bonchev–Trinajstić information content (AvgIpc) is 2.55. The molecule has 4 heteroatoms. The number of rotatable bonds is 3. The first-order valence-electron chi connectivity index (χ1n) is 7.45. The molecule has 0 saturated heterocycles. The predicted octanol–water partition coefficient (Wildman–Crippen LogP) is 3.80. The molecule has 0 spiro atoms. The maximum Gasteiger partial charge on any atom is 0.337 e. The van der Waals surface area contributed by atoms with E-state index in [9.17, 15) is 4.79 Å². The van der Waals surface area contributed by atoms with Gasteiger partial charge in [-0.15, -0.1) is 0 Å². The molecule has 1 aromatic heterocycles. The Hall–Kier alpha value is -2.88. The highest BCUT2D eigenvalue weighted by Crippen LogP contribution is 2.26. The number of aromatic nitrogens is 1. The van der Waals surface area contributed by atoms with Crippen molar-refractivity contribution in [1.29, 1.82) is 0 Å². The minimum absolute atomic E-state index is 0.341. The Labute approximate surface area is 135 Å². The number of fused-ring (bicyclic) bond motifs is 1. The van der Waals surface area contributed by atoms with Crippen LogP contribution >= 0.6 is 0 Å². The SMILES string of the molecule is COC(=O)c1cccc(Nc2cc(C)[nH+]c3ccc(C)cc23)c1. The van der Waals surface area contributed by atoms with Gasteiger partial charge in [-0.2, -0.15) is 0 Å². The van der Waals surface area contributed by atoms with Crippen molar-refractivity contribution >= 4 is 28.2 Å². The molecule has 116 valence electrons. The molecule has 3 aromatic rings. The van der Waals surface area contributed by atoms with Gasteiger partial charge in [0.2, 0.25) is 5.52 Å². The zero-order chi connectivity index (χ0) is 16.4. The van der Waals surface area contributed by atoms with E-state index in [-0.39, 0.29) is 5.97 Å². The summed E-state index contributed by atoms with van der Waals surface area (Å²) < 4.78 is 4.77. The summed E-state index contributed by atoms with van der Waals surface area (Å²) in [6.45, 7) is 4.09. The molecule has 1 heterocycles. The van der Waals surface area contributed by atoms with E-state index in [0.717, 1.165) is 28.0 Å². The van der Waals surface area contributed by atoms with Gasteiger partial charge in [0.15, 0.2) is 5.69 Å². The molecule has 0 unspecified atom stereocenters. The van der Waals surface area contributed by atoms with E-state index in [4.69, 9.17) is 4.74 Å². The monoisotopic (exact) mass is 307 g/mol. The van der Waals surface area contributed by atoms with Crippen LogP contribution in [0.2, 0.25) is 0 Å². The second kappa shape index (κ2) is 6.08. The molecule has 3 rings (SSSR count). The van der Waals surface area contributed by atoms with E-state index >= 15 is 0 Å². The highest BCUT2D eigenvalue weighted by molar-refractivity contribution is 5.93. The molecule has 0 aliphatic rings. The van der Waals surface area contributed by atoms with Gasteiger partial charge in [-0.3, -0.25) is 0 Å². The summed E-state index contributed by atoms with van der Waals surface area (Å²) in [7, 11) is 1.38. The van der Waals surface area contributed by atoms with Gasteiger partial charge in [-0.05, 0) is 36.8 Å². The highest BCUT2D eigenvalue weighted by atomic mass is 16.5. The number of carbonyl (C=O) groups is 1. The van der Waals surface area contributed by atoms with Crippen LogP contribution in [0.15, 0.2) is 48.5 Å². The largest absolute Gasteiger partial charge is 0.465 e. The third kappa shape index (κ3) is 3.16. The number of anilines is 2. The number of H-pyrrole nitrogens is 1. The smallest absolute Gasteiger partial charge is 0.337 e. The van der Waals surface area contributed by atoms with E-state index in [1.165, 1.54) is 12.7 Å². The fraction of sp³-hybridized carbons (Fsp3) is 0.158. The lowest BCUT2D eigenvalue weighted by molar-refractivity contribution is -0.354. The third-order valence-corrected chi connectivity index (χ3v) is 3.72. The van der Waals surface area contributed by atoms with Crippen LogP contribution in [0.4, 0.5) is 11.4 Å². The zero-order valence-corrected chi connectivity index (χ0v) is 13.4. The molecule has 0 fully saturated rings. The van der Waals surface area contributed by atoms with Crippen LogP contribution in [0, 0.1) is 13.8 Å². The van der Waals surface area contributed by atoms with E-state index < -0.39 is 0 Å². The molecule has 0 atom stereocenters. The number of esters is 1. The maximum absolute atomic E-state index is 11.7. The van der Waals surface area contributed by atoms with Gasteiger partial charge < -0.3 is 10.1 Å². The fourth-order valence-electron chi connectivity index (χ4n) is 2.63. The highest BCUT2D eigenvalue weighted by Gasteiger charge is 2.11. The average molecular weight is 307 g/mol. The molecule has 0 radical (unpaired) electrons. The first-order valence-corrected chi connectivity index (χ1v) is 7.45. The van der Waals surface area contributed by atoms with Crippen molar-refractivity contribution < 1.29 is 14.5 Å². The minimum Gasteiger partial charge on any atom is -0.465 e. The van der Waals surface area contributed by atoms with Gasteiger partial charge in [0.05, 0.1) is 23.7 Å². The number of benzene rings is 2.